The molecule has 1 unspecified atom stereocenters. The smallest absolute Gasteiger partial charge is 0.328 e. The third-order valence-corrected chi connectivity index (χ3v) is 6.00. The number of unbranched alkanes of at least 4 members (excludes halogenated alkanes) is 1. The first-order chi connectivity index (χ1) is 19.3. The van der Waals surface area contributed by atoms with E-state index >= 15 is 0 Å². The quantitative estimate of drug-likeness (QED) is 0.105. The summed E-state index contributed by atoms with van der Waals surface area (Å²) in [4.78, 5) is 50.4. The zero-order valence-electron chi connectivity index (χ0n) is 23.2. The summed E-state index contributed by atoms with van der Waals surface area (Å²) in [6.45, 7) is 0.143. The Labute approximate surface area is 234 Å². The molecule has 0 aliphatic heterocycles. The minimum absolute atomic E-state index is 0.0345. The van der Waals surface area contributed by atoms with Crippen molar-refractivity contribution in [3.05, 3.63) is 59.7 Å². The number of hydrogen-bond donors (Lipinski definition) is 5. The standard InChI is InChI=1S/C28H39N5O7/c1-38-21-12-13-24(39-2)20(16-21)17-25(34)31-22(11-7-8-14-29)27(36)33-30-18-26(35)32-23(28(37)40-3)15-19-9-5-4-6-10-19/h4-6,9-10,12-13,16,22-23,30H,7-8,11,14-15,17-18,29H2,1-3H3,(H,31,34)(H,32,35)(H,33,36)/t22?,23-/m0/s1. The number of amides is 3. The number of ether oxygens (including phenoxy) is 3. The summed E-state index contributed by atoms with van der Waals surface area (Å²) in [7, 11) is 4.27. The van der Waals surface area contributed by atoms with E-state index in [9.17, 15) is 19.2 Å². The number of esters is 1. The van der Waals surface area contributed by atoms with Crippen LogP contribution in [0, 0.1) is 0 Å². The van der Waals surface area contributed by atoms with Crippen molar-refractivity contribution >= 4 is 23.7 Å². The molecule has 2 atom stereocenters. The van der Waals surface area contributed by atoms with Gasteiger partial charge in [0.2, 0.25) is 11.8 Å². The third-order valence-electron chi connectivity index (χ3n) is 6.00. The first kappa shape index (κ1) is 32.1. The van der Waals surface area contributed by atoms with Crippen molar-refractivity contribution < 1.29 is 33.4 Å². The Bertz CT molecular complexity index is 1110. The Hall–Kier alpha value is -4.16. The van der Waals surface area contributed by atoms with E-state index in [1.807, 2.05) is 30.3 Å². The van der Waals surface area contributed by atoms with Crippen molar-refractivity contribution in [3.63, 3.8) is 0 Å². The summed E-state index contributed by atoms with van der Waals surface area (Å²) in [6.07, 6.45) is 1.85. The maximum Gasteiger partial charge on any atom is 0.328 e. The molecule has 0 saturated carbocycles. The van der Waals surface area contributed by atoms with Crippen LogP contribution in [0.25, 0.3) is 0 Å². The minimum atomic E-state index is -0.894. The van der Waals surface area contributed by atoms with Crippen molar-refractivity contribution in [1.29, 1.82) is 0 Å². The molecule has 0 aromatic heterocycles. The largest absolute Gasteiger partial charge is 0.497 e. The average molecular weight is 558 g/mol. The molecular weight excluding hydrogens is 518 g/mol. The van der Waals surface area contributed by atoms with Gasteiger partial charge in [-0.2, -0.15) is 0 Å². The molecule has 0 heterocycles. The molecule has 40 heavy (non-hydrogen) atoms. The molecule has 0 aliphatic carbocycles. The van der Waals surface area contributed by atoms with Gasteiger partial charge in [0.05, 0.1) is 34.3 Å². The molecule has 0 fully saturated rings. The first-order valence-electron chi connectivity index (χ1n) is 12.9. The van der Waals surface area contributed by atoms with Crippen LogP contribution in [-0.4, -0.2) is 70.2 Å². The summed E-state index contributed by atoms with van der Waals surface area (Å²) in [6, 6.07) is 12.5. The summed E-state index contributed by atoms with van der Waals surface area (Å²) in [5.41, 5.74) is 12.1. The maximum absolute atomic E-state index is 12.9. The van der Waals surface area contributed by atoms with Gasteiger partial charge in [0, 0.05) is 12.0 Å². The normalized spacial score (nSPS) is 12.0. The highest BCUT2D eigenvalue weighted by Gasteiger charge is 2.24. The second kappa shape index (κ2) is 17.4. The van der Waals surface area contributed by atoms with Gasteiger partial charge in [0.1, 0.15) is 23.6 Å². The number of carbonyl (C=O) groups excluding carboxylic acids is 4. The molecule has 6 N–H and O–H groups in total. The van der Waals surface area contributed by atoms with Crippen LogP contribution in [0.4, 0.5) is 0 Å². The fraction of sp³-hybridized carbons (Fsp3) is 0.429. The van der Waals surface area contributed by atoms with Gasteiger partial charge in [-0.25, -0.2) is 10.2 Å². The third kappa shape index (κ3) is 10.9. The average Bonchev–Trinajstić information content (AvgIpc) is 2.96. The molecule has 12 nitrogen and oxygen atoms in total. The van der Waals surface area contributed by atoms with Crippen molar-refractivity contribution in [2.24, 2.45) is 5.73 Å². The van der Waals surface area contributed by atoms with E-state index in [0.29, 0.717) is 42.9 Å². The van der Waals surface area contributed by atoms with Gasteiger partial charge in [-0.3, -0.25) is 19.8 Å². The molecule has 3 amide bonds. The van der Waals surface area contributed by atoms with E-state index in [1.54, 1.807) is 18.2 Å². The number of benzene rings is 2. The van der Waals surface area contributed by atoms with Crippen LogP contribution in [0.15, 0.2) is 48.5 Å². The van der Waals surface area contributed by atoms with Crippen molar-refractivity contribution in [2.45, 2.75) is 44.2 Å². The fourth-order valence-corrected chi connectivity index (χ4v) is 3.93. The Kier molecular flexibility index (Phi) is 14.0. The molecule has 0 spiro atoms. The molecule has 0 radical (unpaired) electrons. The predicted octanol–water partition coefficient (Wildman–Crippen LogP) is 0.381. The van der Waals surface area contributed by atoms with Crippen LogP contribution in [-0.2, 0) is 36.8 Å². The summed E-state index contributed by atoms with van der Waals surface area (Å²) >= 11 is 0. The van der Waals surface area contributed by atoms with Crippen LogP contribution in [0.3, 0.4) is 0 Å². The van der Waals surface area contributed by atoms with Crippen molar-refractivity contribution in [3.8, 4) is 11.5 Å². The van der Waals surface area contributed by atoms with Crippen molar-refractivity contribution in [1.82, 2.24) is 21.5 Å². The second-order valence-electron chi connectivity index (χ2n) is 8.93. The highest BCUT2D eigenvalue weighted by atomic mass is 16.5. The molecule has 12 heteroatoms. The van der Waals surface area contributed by atoms with E-state index < -0.39 is 29.9 Å². The van der Waals surface area contributed by atoms with Crippen LogP contribution in [0.5, 0.6) is 11.5 Å². The van der Waals surface area contributed by atoms with Gasteiger partial charge >= 0.3 is 5.97 Å². The number of nitrogens with one attached hydrogen (secondary N) is 4. The number of carbonyl (C=O) groups is 4. The SMILES string of the molecule is COC(=O)[C@H](Cc1ccccc1)NC(=O)CNNC(=O)C(CCCCN)NC(=O)Cc1cc(OC)ccc1OC. The van der Waals surface area contributed by atoms with Gasteiger partial charge in [-0.05, 0) is 49.6 Å². The number of methoxy groups -OCH3 is 3. The second-order valence-corrected chi connectivity index (χ2v) is 8.93. The number of rotatable bonds is 17. The molecule has 2 rings (SSSR count). The van der Waals surface area contributed by atoms with E-state index in [0.717, 1.165) is 5.56 Å². The van der Waals surface area contributed by atoms with Crippen LogP contribution in [0.2, 0.25) is 0 Å². The van der Waals surface area contributed by atoms with Gasteiger partial charge in [0.15, 0.2) is 0 Å². The number of nitrogens with two attached hydrogens (primary N) is 1. The monoisotopic (exact) mass is 557 g/mol. The number of hydrazine groups is 1. The van der Waals surface area contributed by atoms with Gasteiger partial charge < -0.3 is 30.6 Å². The molecular formula is C28H39N5O7. The van der Waals surface area contributed by atoms with E-state index in [2.05, 4.69) is 21.5 Å². The molecule has 0 aliphatic rings. The van der Waals surface area contributed by atoms with E-state index in [4.69, 9.17) is 19.9 Å². The highest BCUT2D eigenvalue weighted by molar-refractivity contribution is 5.89. The van der Waals surface area contributed by atoms with Gasteiger partial charge in [-0.1, -0.05) is 30.3 Å². The van der Waals surface area contributed by atoms with Gasteiger partial charge in [0.25, 0.3) is 5.91 Å². The molecule has 0 saturated heterocycles. The molecule has 0 bridgehead atoms. The maximum atomic E-state index is 12.9. The van der Waals surface area contributed by atoms with E-state index in [1.165, 1.54) is 21.3 Å². The predicted molar refractivity (Wildman–Crippen MR) is 148 cm³/mol. The topological polar surface area (TPSA) is 170 Å². The highest BCUT2D eigenvalue weighted by Crippen LogP contribution is 2.24. The first-order valence-corrected chi connectivity index (χ1v) is 12.9. The van der Waals surface area contributed by atoms with Crippen LogP contribution < -0.4 is 36.7 Å². The molecule has 2 aromatic carbocycles. The summed E-state index contributed by atoms with van der Waals surface area (Å²) in [5, 5.41) is 5.35. The minimum Gasteiger partial charge on any atom is -0.497 e. The van der Waals surface area contributed by atoms with Gasteiger partial charge in [-0.15, -0.1) is 0 Å². The Morgan fingerprint density at radius 3 is 2.25 bits per heavy atom. The Morgan fingerprint density at radius 1 is 0.875 bits per heavy atom. The Morgan fingerprint density at radius 2 is 1.60 bits per heavy atom. The lowest BCUT2D eigenvalue weighted by Crippen LogP contribution is -2.54. The number of hydrogen-bond acceptors (Lipinski definition) is 9. The molecule has 2 aromatic rings. The van der Waals surface area contributed by atoms with Crippen LogP contribution in [0.1, 0.15) is 30.4 Å². The lowest BCUT2D eigenvalue weighted by Gasteiger charge is -2.20. The zero-order valence-corrected chi connectivity index (χ0v) is 23.2. The van der Waals surface area contributed by atoms with E-state index in [-0.39, 0.29) is 25.3 Å². The molecule has 218 valence electrons. The zero-order chi connectivity index (χ0) is 29.3. The fourth-order valence-electron chi connectivity index (χ4n) is 3.93. The van der Waals surface area contributed by atoms with Crippen molar-refractivity contribution in [2.75, 3.05) is 34.4 Å². The lowest BCUT2D eigenvalue weighted by atomic mass is 10.1. The Balaban J connectivity index is 1.94. The lowest BCUT2D eigenvalue weighted by molar-refractivity contribution is -0.145. The summed E-state index contributed by atoms with van der Waals surface area (Å²) < 4.78 is 15.4. The summed E-state index contributed by atoms with van der Waals surface area (Å²) in [5.74, 6) is -0.938. The van der Waals surface area contributed by atoms with Crippen LogP contribution >= 0.6 is 0 Å².